The van der Waals surface area contributed by atoms with Crippen LogP contribution in [0, 0.1) is 28.6 Å². The number of hydrogen-bond donors (Lipinski definition) is 1. The molecule has 0 unspecified atom stereocenters. The SMILES string of the molecule is N#CCC1(n2cc(-c3ccnc(Nc4cccc(-c5cnco5)c4)n3)cn2)CC(C#N)C1. The zero-order chi connectivity index (χ0) is 22.0. The van der Waals surface area contributed by atoms with Gasteiger partial charge in [0, 0.05) is 29.2 Å². The number of aromatic nitrogens is 5. The Morgan fingerprint density at radius 1 is 1.19 bits per heavy atom. The van der Waals surface area contributed by atoms with E-state index in [9.17, 15) is 5.26 Å². The van der Waals surface area contributed by atoms with Crippen molar-refractivity contribution in [2.45, 2.75) is 24.8 Å². The molecule has 156 valence electrons. The van der Waals surface area contributed by atoms with Crippen LogP contribution in [-0.4, -0.2) is 24.7 Å². The molecule has 3 aromatic heterocycles. The number of nitrogens with zero attached hydrogens (tertiary/aromatic N) is 7. The summed E-state index contributed by atoms with van der Waals surface area (Å²) in [4.78, 5) is 12.9. The second kappa shape index (κ2) is 7.97. The predicted octanol–water partition coefficient (Wildman–Crippen LogP) is 4.28. The number of benzene rings is 1. The van der Waals surface area contributed by atoms with E-state index in [0.29, 0.717) is 36.7 Å². The summed E-state index contributed by atoms with van der Waals surface area (Å²) in [6.07, 6.45) is 9.96. The molecule has 1 fully saturated rings. The second-order valence-electron chi connectivity index (χ2n) is 7.80. The molecule has 0 radical (unpaired) electrons. The number of rotatable bonds is 6. The van der Waals surface area contributed by atoms with Crippen LogP contribution in [0.1, 0.15) is 19.3 Å². The number of nitriles is 2. The summed E-state index contributed by atoms with van der Waals surface area (Å²) in [6, 6.07) is 14.0. The lowest BCUT2D eigenvalue weighted by molar-refractivity contribution is 0.0882. The Morgan fingerprint density at radius 2 is 2.09 bits per heavy atom. The third kappa shape index (κ3) is 3.57. The summed E-state index contributed by atoms with van der Waals surface area (Å²) in [5.41, 5.74) is 2.83. The van der Waals surface area contributed by atoms with Gasteiger partial charge in [-0.1, -0.05) is 12.1 Å². The molecule has 0 saturated heterocycles. The van der Waals surface area contributed by atoms with Crippen molar-refractivity contribution in [2.75, 3.05) is 5.32 Å². The summed E-state index contributed by atoms with van der Waals surface area (Å²) in [5, 5.41) is 26.1. The molecular formula is C23H18N8O. The number of hydrogen-bond acceptors (Lipinski definition) is 8. The first-order chi connectivity index (χ1) is 15.7. The van der Waals surface area contributed by atoms with Gasteiger partial charge in [0.25, 0.3) is 0 Å². The van der Waals surface area contributed by atoms with E-state index in [1.54, 1.807) is 18.6 Å². The van der Waals surface area contributed by atoms with Crippen LogP contribution in [0.2, 0.25) is 0 Å². The average Bonchev–Trinajstić information content (AvgIpc) is 3.49. The molecule has 1 saturated carbocycles. The summed E-state index contributed by atoms with van der Waals surface area (Å²) in [6.45, 7) is 0. The van der Waals surface area contributed by atoms with Gasteiger partial charge >= 0.3 is 0 Å². The van der Waals surface area contributed by atoms with Gasteiger partial charge < -0.3 is 9.73 Å². The fourth-order valence-corrected chi connectivity index (χ4v) is 4.04. The van der Waals surface area contributed by atoms with Crippen LogP contribution < -0.4 is 5.32 Å². The van der Waals surface area contributed by atoms with Crippen molar-refractivity contribution in [1.29, 1.82) is 10.5 Å². The van der Waals surface area contributed by atoms with Gasteiger partial charge in [0.2, 0.25) is 5.95 Å². The summed E-state index contributed by atoms with van der Waals surface area (Å²) < 4.78 is 7.17. The molecule has 4 aromatic rings. The van der Waals surface area contributed by atoms with Crippen molar-refractivity contribution in [3.05, 3.63) is 61.5 Å². The highest BCUT2D eigenvalue weighted by molar-refractivity contribution is 5.66. The van der Waals surface area contributed by atoms with Gasteiger partial charge in [-0.3, -0.25) is 4.68 Å². The summed E-state index contributed by atoms with van der Waals surface area (Å²) in [5.74, 6) is 1.10. The lowest BCUT2D eigenvalue weighted by atomic mass is 9.67. The highest BCUT2D eigenvalue weighted by Gasteiger charge is 2.46. The van der Waals surface area contributed by atoms with Gasteiger partial charge in [-0.2, -0.15) is 15.6 Å². The molecule has 1 N–H and O–H groups in total. The van der Waals surface area contributed by atoms with E-state index in [-0.39, 0.29) is 5.92 Å². The Bertz CT molecular complexity index is 1320. The Kier molecular flexibility index (Phi) is 4.85. The molecule has 5 rings (SSSR count). The molecule has 3 heterocycles. The van der Waals surface area contributed by atoms with Crippen molar-refractivity contribution in [3.63, 3.8) is 0 Å². The van der Waals surface area contributed by atoms with E-state index in [1.165, 1.54) is 6.39 Å². The van der Waals surface area contributed by atoms with Gasteiger partial charge in [0.1, 0.15) is 0 Å². The second-order valence-corrected chi connectivity index (χ2v) is 7.80. The van der Waals surface area contributed by atoms with Gasteiger partial charge in [-0.15, -0.1) is 0 Å². The largest absolute Gasteiger partial charge is 0.444 e. The maximum Gasteiger partial charge on any atom is 0.227 e. The van der Waals surface area contributed by atoms with E-state index in [1.807, 2.05) is 41.2 Å². The van der Waals surface area contributed by atoms with Crippen LogP contribution in [0.3, 0.4) is 0 Å². The van der Waals surface area contributed by atoms with Crippen LogP contribution in [0.15, 0.2) is 65.9 Å². The highest BCUT2D eigenvalue weighted by Crippen LogP contribution is 2.46. The van der Waals surface area contributed by atoms with Crippen LogP contribution in [-0.2, 0) is 5.54 Å². The highest BCUT2D eigenvalue weighted by atomic mass is 16.3. The van der Waals surface area contributed by atoms with Gasteiger partial charge in [-0.05, 0) is 31.0 Å². The van der Waals surface area contributed by atoms with Crippen molar-refractivity contribution in [2.24, 2.45) is 5.92 Å². The summed E-state index contributed by atoms with van der Waals surface area (Å²) in [7, 11) is 0. The maximum atomic E-state index is 9.26. The zero-order valence-electron chi connectivity index (χ0n) is 17.0. The molecule has 0 amide bonds. The lowest BCUT2D eigenvalue weighted by Crippen LogP contribution is -2.46. The molecule has 9 nitrogen and oxygen atoms in total. The van der Waals surface area contributed by atoms with E-state index >= 15 is 0 Å². The van der Waals surface area contributed by atoms with Crippen LogP contribution in [0.4, 0.5) is 11.6 Å². The summed E-state index contributed by atoms with van der Waals surface area (Å²) >= 11 is 0. The molecule has 1 aliphatic carbocycles. The normalized spacial score (nSPS) is 19.5. The lowest BCUT2D eigenvalue weighted by Gasteiger charge is -2.43. The molecule has 0 bridgehead atoms. The first-order valence-electron chi connectivity index (χ1n) is 10.1. The third-order valence-corrected chi connectivity index (χ3v) is 5.70. The quantitative estimate of drug-likeness (QED) is 0.487. The maximum absolute atomic E-state index is 9.26. The standard InChI is InChI=1S/C23H18N8O/c24-6-5-23(9-16(10-23)11-25)31-14-18(12-28-31)20-4-7-27-22(30-20)29-19-3-1-2-17(8-19)21-13-26-15-32-21/h1-4,7-8,12-16H,5,9-10H2,(H,27,29,30). The van der Waals surface area contributed by atoms with E-state index in [2.05, 4.69) is 37.5 Å². The van der Waals surface area contributed by atoms with Gasteiger partial charge in [-0.25, -0.2) is 15.0 Å². The molecule has 1 aliphatic rings. The molecule has 32 heavy (non-hydrogen) atoms. The molecule has 0 spiro atoms. The average molecular weight is 422 g/mol. The topological polar surface area (TPSA) is 129 Å². The minimum absolute atomic E-state index is 0.0291. The van der Waals surface area contributed by atoms with Crippen molar-refractivity contribution >= 4 is 11.6 Å². The number of oxazole rings is 1. The number of nitrogens with one attached hydrogen (secondary N) is 1. The number of anilines is 2. The predicted molar refractivity (Wildman–Crippen MR) is 115 cm³/mol. The molecule has 1 aromatic carbocycles. The Balaban J connectivity index is 1.37. The van der Waals surface area contributed by atoms with Crippen LogP contribution in [0.5, 0.6) is 0 Å². The minimum atomic E-state index is -0.414. The third-order valence-electron chi connectivity index (χ3n) is 5.70. The Morgan fingerprint density at radius 3 is 2.88 bits per heavy atom. The monoisotopic (exact) mass is 422 g/mol. The Hall–Kier alpha value is -4.50. The fourth-order valence-electron chi connectivity index (χ4n) is 4.04. The van der Waals surface area contributed by atoms with E-state index in [0.717, 1.165) is 16.8 Å². The van der Waals surface area contributed by atoms with Gasteiger partial charge in [0.15, 0.2) is 12.2 Å². The smallest absolute Gasteiger partial charge is 0.227 e. The molecule has 0 aliphatic heterocycles. The first-order valence-corrected chi connectivity index (χ1v) is 10.1. The zero-order valence-corrected chi connectivity index (χ0v) is 17.0. The molecule has 0 atom stereocenters. The minimum Gasteiger partial charge on any atom is -0.444 e. The van der Waals surface area contributed by atoms with Crippen LogP contribution in [0.25, 0.3) is 22.6 Å². The molecule has 9 heteroatoms. The molecular weight excluding hydrogens is 404 g/mol. The van der Waals surface area contributed by atoms with Crippen molar-refractivity contribution < 1.29 is 4.42 Å². The van der Waals surface area contributed by atoms with Crippen molar-refractivity contribution in [3.8, 4) is 34.7 Å². The van der Waals surface area contributed by atoms with Crippen molar-refractivity contribution in [1.82, 2.24) is 24.7 Å². The van der Waals surface area contributed by atoms with E-state index < -0.39 is 5.54 Å². The van der Waals surface area contributed by atoms with E-state index in [4.69, 9.17) is 9.68 Å². The fraction of sp³-hybridized carbons (Fsp3) is 0.217. The first kappa shape index (κ1) is 19.5. The Labute approximate surface area is 184 Å². The van der Waals surface area contributed by atoms with Gasteiger partial charge in [0.05, 0.1) is 48.1 Å². The van der Waals surface area contributed by atoms with Crippen LogP contribution >= 0.6 is 0 Å².